The summed E-state index contributed by atoms with van der Waals surface area (Å²) in [5.41, 5.74) is 0. The molecule has 1 saturated heterocycles. The quantitative estimate of drug-likeness (QED) is 0.663. The Morgan fingerprint density at radius 1 is 1.06 bits per heavy atom. The molecular weight excluding hydrogens is 228 g/mol. The van der Waals surface area contributed by atoms with Crippen molar-refractivity contribution in [3.8, 4) is 0 Å². The van der Waals surface area contributed by atoms with Crippen LogP contribution in [0.5, 0.6) is 0 Å². The molecule has 0 spiro atoms. The minimum atomic E-state index is -1.03. The molecule has 0 radical (unpaired) electrons. The van der Waals surface area contributed by atoms with Gasteiger partial charge in [-0.15, -0.1) is 0 Å². The fourth-order valence-corrected chi connectivity index (χ4v) is 1.60. The first kappa shape index (κ1) is 13.9. The van der Waals surface area contributed by atoms with Crippen LogP contribution in [0.15, 0.2) is 0 Å². The van der Waals surface area contributed by atoms with Crippen LogP contribution in [-0.2, 0) is 28.5 Å². The molecule has 0 aromatic carbocycles. The maximum Gasteiger partial charge on any atom is 0.338 e. The van der Waals surface area contributed by atoms with Crippen LogP contribution in [0.3, 0.4) is 0 Å². The van der Waals surface area contributed by atoms with Crippen LogP contribution >= 0.6 is 0 Å². The normalized spacial score (nSPS) is 27.8. The summed E-state index contributed by atoms with van der Waals surface area (Å²) >= 11 is 0. The van der Waals surface area contributed by atoms with Gasteiger partial charge in [-0.25, -0.2) is 9.59 Å². The van der Waals surface area contributed by atoms with Crippen molar-refractivity contribution in [2.24, 2.45) is 0 Å². The average Bonchev–Trinajstić information content (AvgIpc) is 2.78. The number of hydrogen-bond acceptors (Lipinski definition) is 6. The maximum absolute atomic E-state index is 11.4. The van der Waals surface area contributed by atoms with Crippen LogP contribution in [0.1, 0.15) is 26.2 Å². The van der Waals surface area contributed by atoms with Gasteiger partial charge in [0.05, 0.1) is 14.2 Å². The second kappa shape index (κ2) is 6.56. The van der Waals surface area contributed by atoms with E-state index in [0.29, 0.717) is 6.42 Å². The largest absolute Gasteiger partial charge is 0.467 e. The smallest absolute Gasteiger partial charge is 0.338 e. The van der Waals surface area contributed by atoms with Gasteiger partial charge in [-0.05, 0) is 12.8 Å². The average molecular weight is 246 g/mol. The molecule has 6 nitrogen and oxygen atoms in total. The molecule has 1 heterocycles. The Morgan fingerprint density at radius 3 is 1.88 bits per heavy atom. The predicted molar refractivity (Wildman–Crippen MR) is 57.1 cm³/mol. The standard InChI is InChI=1S/C11H18O6/c1-4-5-6-7-16-8(10(12)14-2)9(17-7)11(13)15-3/h7-9H,4-6H2,1-3H3. The van der Waals surface area contributed by atoms with E-state index in [-0.39, 0.29) is 0 Å². The van der Waals surface area contributed by atoms with Gasteiger partial charge in [0.25, 0.3) is 0 Å². The topological polar surface area (TPSA) is 71.1 Å². The van der Waals surface area contributed by atoms with Crippen LogP contribution in [0.4, 0.5) is 0 Å². The molecule has 0 N–H and O–H groups in total. The molecule has 98 valence electrons. The predicted octanol–water partition coefficient (Wildman–Crippen LogP) is 0.633. The third kappa shape index (κ3) is 3.41. The molecule has 6 heteroatoms. The highest BCUT2D eigenvalue weighted by Gasteiger charge is 2.46. The second-order valence-electron chi connectivity index (χ2n) is 3.73. The van der Waals surface area contributed by atoms with E-state index in [9.17, 15) is 9.59 Å². The van der Waals surface area contributed by atoms with Crippen molar-refractivity contribution in [2.75, 3.05) is 14.2 Å². The van der Waals surface area contributed by atoms with Gasteiger partial charge in [0.1, 0.15) is 0 Å². The molecule has 17 heavy (non-hydrogen) atoms. The first-order valence-electron chi connectivity index (χ1n) is 5.60. The zero-order valence-electron chi connectivity index (χ0n) is 10.3. The summed E-state index contributed by atoms with van der Waals surface area (Å²) < 4.78 is 19.8. The van der Waals surface area contributed by atoms with E-state index in [1.54, 1.807) is 0 Å². The van der Waals surface area contributed by atoms with Gasteiger partial charge in [0.15, 0.2) is 18.5 Å². The molecular formula is C11H18O6. The highest BCUT2D eigenvalue weighted by molar-refractivity contribution is 5.86. The monoisotopic (exact) mass is 246 g/mol. The van der Waals surface area contributed by atoms with E-state index in [1.165, 1.54) is 14.2 Å². The van der Waals surface area contributed by atoms with Gasteiger partial charge in [-0.2, -0.15) is 0 Å². The maximum atomic E-state index is 11.4. The summed E-state index contributed by atoms with van der Waals surface area (Å²) in [6, 6.07) is 0. The molecule has 0 bridgehead atoms. The number of rotatable bonds is 5. The molecule has 1 fully saturated rings. The van der Waals surface area contributed by atoms with Crippen LogP contribution in [-0.4, -0.2) is 44.7 Å². The van der Waals surface area contributed by atoms with Crippen LogP contribution < -0.4 is 0 Å². The van der Waals surface area contributed by atoms with E-state index in [4.69, 9.17) is 9.47 Å². The number of ether oxygens (including phenoxy) is 4. The van der Waals surface area contributed by atoms with Crippen molar-refractivity contribution in [3.05, 3.63) is 0 Å². The lowest BCUT2D eigenvalue weighted by Crippen LogP contribution is -2.38. The van der Waals surface area contributed by atoms with E-state index < -0.39 is 30.4 Å². The van der Waals surface area contributed by atoms with Gasteiger partial charge in [0, 0.05) is 0 Å². The zero-order valence-corrected chi connectivity index (χ0v) is 10.3. The number of unbranched alkanes of at least 4 members (excludes halogenated alkanes) is 1. The summed E-state index contributed by atoms with van der Waals surface area (Å²) in [6.07, 6.45) is -0.106. The van der Waals surface area contributed by atoms with Gasteiger partial charge in [-0.3, -0.25) is 0 Å². The fourth-order valence-electron chi connectivity index (χ4n) is 1.60. The van der Waals surface area contributed by atoms with Crippen molar-refractivity contribution >= 4 is 11.9 Å². The van der Waals surface area contributed by atoms with E-state index >= 15 is 0 Å². The van der Waals surface area contributed by atoms with Gasteiger partial charge >= 0.3 is 11.9 Å². The Hall–Kier alpha value is -1.14. The molecule has 1 rings (SSSR count). The molecule has 0 aromatic heterocycles. The second-order valence-corrected chi connectivity index (χ2v) is 3.73. The summed E-state index contributed by atoms with van der Waals surface area (Å²) in [6.45, 7) is 2.03. The van der Waals surface area contributed by atoms with E-state index in [1.807, 2.05) is 6.92 Å². The molecule has 2 unspecified atom stereocenters. The summed E-state index contributed by atoms with van der Waals surface area (Å²) in [5.74, 6) is -1.25. The molecule has 0 saturated carbocycles. The fraction of sp³-hybridized carbons (Fsp3) is 0.818. The van der Waals surface area contributed by atoms with E-state index in [0.717, 1.165) is 12.8 Å². The third-order valence-electron chi connectivity index (χ3n) is 2.53. The van der Waals surface area contributed by atoms with Crippen molar-refractivity contribution in [1.29, 1.82) is 0 Å². The van der Waals surface area contributed by atoms with Crippen molar-refractivity contribution < 1.29 is 28.5 Å². The summed E-state index contributed by atoms with van der Waals surface area (Å²) in [7, 11) is 2.47. The Kier molecular flexibility index (Phi) is 5.37. The first-order valence-corrected chi connectivity index (χ1v) is 5.60. The van der Waals surface area contributed by atoms with E-state index in [2.05, 4.69) is 9.47 Å². The first-order chi connectivity index (χ1) is 8.13. The van der Waals surface area contributed by atoms with Gasteiger partial charge in [-0.1, -0.05) is 13.3 Å². The number of esters is 2. The van der Waals surface area contributed by atoms with Crippen LogP contribution in [0.25, 0.3) is 0 Å². The Morgan fingerprint density at radius 2 is 1.53 bits per heavy atom. The van der Waals surface area contributed by atoms with Gasteiger partial charge in [0.2, 0.25) is 0 Å². The minimum absolute atomic E-state index is 0.553. The number of carbonyl (C=O) groups excluding carboxylic acids is 2. The number of carbonyl (C=O) groups is 2. The van der Waals surface area contributed by atoms with Crippen LogP contribution in [0, 0.1) is 0 Å². The molecule has 1 aliphatic rings. The third-order valence-corrected chi connectivity index (χ3v) is 2.53. The molecule has 0 aliphatic carbocycles. The Balaban J connectivity index is 2.65. The van der Waals surface area contributed by atoms with Crippen LogP contribution in [0.2, 0.25) is 0 Å². The SMILES string of the molecule is CCCCC1OC(C(=O)OC)C(C(=O)OC)O1. The van der Waals surface area contributed by atoms with Gasteiger partial charge < -0.3 is 18.9 Å². The summed E-state index contributed by atoms with van der Waals surface area (Å²) in [4.78, 5) is 22.9. The lowest BCUT2D eigenvalue weighted by molar-refractivity contribution is -0.160. The lowest BCUT2D eigenvalue weighted by atomic mass is 10.2. The highest BCUT2D eigenvalue weighted by Crippen LogP contribution is 2.24. The Labute approximate surface area is 100 Å². The summed E-state index contributed by atoms with van der Waals surface area (Å²) in [5, 5.41) is 0. The molecule has 0 aromatic rings. The molecule has 0 amide bonds. The van der Waals surface area contributed by atoms with Crippen molar-refractivity contribution in [3.63, 3.8) is 0 Å². The number of methoxy groups -OCH3 is 2. The zero-order chi connectivity index (χ0) is 12.8. The lowest BCUT2D eigenvalue weighted by Gasteiger charge is -2.11. The molecule has 1 aliphatic heterocycles. The minimum Gasteiger partial charge on any atom is -0.467 e. The highest BCUT2D eigenvalue weighted by atomic mass is 16.8. The molecule has 2 atom stereocenters. The van der Waals surface area contributed by atoms with Crippen molar-refractivity contribution in [1.82, 2.24) is 0 Å². The Bertz CT molecular complexity index is 253. The number of hydrogen-bond donors (Lipinski definition) is 0. The van der Waals surface area contributed by atoms with Crippen molar-refractivity contribution in [2.45, 2.75) is 44.7 Å².